The van der Waals surface area contributed by atoms with Crippen LogP contribution >= 0.6 is 11.6 Å². The Balaban J connectivity index is 2.24. The van der Waals surface area contributed by atoms with Crippen molar-refractivity contribution in [3.05, 3.63) is 46.2 Å². The predicted molar refractivity (Wildman–Crippen MR) is 79.9 cm³/mol. The fourth-order valence-corrected chi connectivity index (χ4v) is 2.07. The van der Waals surface area contributed by atoms with Gasteiger partial charge in [-0.2, -0.15) is 5.10 Å². The van der Waals surface area contributed by atoms with Gasteiger partial charge < -0.3 is 16.3 Å². The highest BCUT2D eigenvalue weighted by molar-refractivity contribution is 6.34. The molecule has 4 N–H and O–H groups in total. The second-order valence-corrected chi connectivity index (χ2v) is 4.84. The molecule has 7 nitrogen and oxygen atoms in total. The van der Waals surface area contributed by atoms with Crippen LogP contribution in [0.25, 0.3) is 0 Å². The van der Waals surface area contributed by atoms with Crippen LogP contribution in [0, 0.1) is 6.92 Å². The van der Waals surface area contributed by atoms with Gasteiger partial charge in [-0.05, 0) is 31.2 Å². The number of aryl methyl sites for hydroxylation is 2. The molecule has 2 aromatic rings. The largest absolute Gasteiger partial charge is 0.409 e. The van der Waals surface area contributed by atoms with Crippen LogP contribution in [0.2, 0.25) is 5.02 Å². The predicted octanol–water partition coefficient (Wildman–Crippen LogP) is 1.73. The minimum Gasteiger partial charge on any atom is -0.409 e. The van der Waals surface area contributed by atoms with Crippen molar-refractivity contribution >= 4 is 29.0 Å². The zero-order valence-electron chi connectivity index (χ0n) is 11.5. The van der Waals surface area contributed by atoms with Gasteiger partial charge in [-0.3, -0.25) is 9.48 Å². The zero-order chi connectivity index (χ0) is 15.6. The molecule has 1 heterocycles. The van der Waals surface area contributed by atoms with E-state index in [1.54, 1.807) is 32.2 Å². The number of hydrogen-bond acceptors (Lipinski definition) is 4. The van der Waals surface area contributed by atoms with E-state index in [1.165, 1.54) is 10.7 Å². The van der Waals surface area contributed by atoms with Gasteiger partial charge in [0.1, 0.15) is 5.69 Å². The summed E-state index contributed by atoms with van der Waals surface area (Å²) in [5.41, 5.74) is 7.52. The zero-order valence-corrected chi connectivity index (χ0v) is 12.2. The van der Waals surface area contributed by atoms with E-state index in [0.717, 1.165) is 5.69 Å². The first-order valence-electron chi connectivity index (χ1n) is 6.02. The summed E-state index contributed by atoms with van der Waals surface area (Å²) in [5, 5.41) is 18.6. The van der Waals surface area contributed by atoms with Gasteiger partial charge in [-0.25, -0.2) is 0 Å². The number of halogens is 1. The Bertz CT molecular complexity index is 723. The number of amides is 1. The minimum atomic E-state index is -0.323. The lowest BCUT2D eigenvalue weighted by Crippen LogP contribution is -2.17. The van der Waals surface area contributed by atoms with Crippen molar-refractivity contribution < 1.29 is 10.0 Å². The Labute approximate surface area is 126 Å². The van der Waals surface area contributed by atoms with Crippen LogP contribution in [0.5, 0.6) is 0 Å². The van der Waals surface area contributed by atoms with Crippen LogP contribution in [-0.2, 0) is 7.05 Å². The molecule has 1 aromatic carbocycles. The number of benzene rings is 1. The lowest BCUT2D eigenvalue weighted by molar-refractivity contribution is 0.101. The minimum absolute atomic E-state index is 0.0583. The highest BCUT2D eigenvalue weighted by atomic mass is 35.5. The van der Waals surface area contributed by atoms with Gasteiger partial charge in [-0.1, -0.05) is 16.8 Å². The van der Waals surface area contributed by atoms with Crippen molar-refractivity contribution in [1.82, 2.24) is 9.78 Å². The molecule has 110 valence electrons. The molecule has 1 amide bonds. The molecule has 0 aliphatic rings. The Morgan fingerprint density at radius 1 is 1.48 bits per heavy atom. The van der Waals surface area contributed by atoms with E-state index in [1.807, 2.05) is 0 Å². The molecule has 0 bridgehead atoms. The molecule has 0 spiro atoms. The summed E-state index contributed by atoms with van der Waals surface area (Å²) < 4.78 is 1.49. The van der Waals surface area contributed by atoms with Gasteiger partial charge in [-0.15, -0.1) is 0 Å². The first-order valence-corrected chi connectivity index (χ1v) is 6.39. The lowest BCUT2D eigenvalue weighted by atomic mass is 10.2. The second-order valence-electron chi connectivity index (χ2n) is 4.43. The average molecular weight is 308 g/mol. The topological polar surface area (TPSA) is 106 Å². The maximum absolute atomic E-state index is 12.2. The summed E-state index contributed by atoms with van der Waals surface area (Å²) in [5.74, 6) is -0.381. The lowest BCUT2D eigenvalue weighted by Gasteiger charge is -2.08. The van der Waals surface area contributed by atoms with E-state index in [2.05, 4.69) is 15.6 Å². The molecule has 21 heavy (non-hydrogen) atoms. The average Bonchev–Trinajstić information content (AvgIpc) is 2.79. The SMILES string of the molecule is Cc1cc(C(=O)Nc2ccc(/C(N)=N/O)cc2Cl)n(C)n1. The van der Waals surface area contributed by atoms with E-state index < -0.39 is 0 Å². The van der Waals surface area contributed by atoms with Crippen LogP contribution < -0.4 is 11.1 Å². The Hall–Kier alpha value is -2.54. The molecule has 8 heteroatoms. The number of carbonyl (C=O) groups excluding carboxylic acids is 1. The molecule has 0 aliphatic carbocycles. The smallest absolute Gasteiger partial charge is 0.273 e. The van der Waals surface area contributed by atoms with Crippen LogP contribution in [0.15, 0.2) is 29.4 Å². The molecule has 0 atom stereocenters. The van der Waals surface area contributed by atoms with E-state index in [9.17, 15) is 4.79 Å². The van der Waals surface area contributed by atoms with Crippen molar-refractivity contribution in [3.63, 3.8) is 0 Å². The molecule has 0 saturated carbocycles. The van der Waals surface area contributed by atoms with Crippen LogP contribution in [-0.4, -0.2) is 26.7 Å². The number of hydrogen-bond donors (Lipinski definition) is 3. The Morgan fingerprint density at radius 3 is 2.71 bits per heavy atom. The first-order chi connectivity index (χ1) is 9.92. The summed E-state index contributed by atoms with van der Waals surface area (Å²) in [6, 6.07) is 6.34. The normalized spacial score (nSPS) is 11.5. The first kappa shape index (κ1) is 14.9. The fraction of sp³-hybridized carbons (Fsp3) is 0.154. The highest BCUT2D eigenvalue weighted by Gasteiger charge is 2.14. The highest BCUT2D eigenvalue weighted by Crippen LogP contribution is 2.23. The van der Waals surface area contributed by atoms with Gasteiger partial charge in [0.15, 0.2) is 5.84 Å². The van der Waals surface area contributed by atoms with Crippen molar-refractivity contribution in [2.75, 3.05) is 5.32 Å². The number of nitrogens with one attached hydrogen (secondary N) is 1. The van der Waals surface area contributed by atoms with Crippen LogP contribution in [0.4, 0.5) is 5.69 Å². The summed E-state index contributed by atoms with van der Waals surface area (Å²) in [7, 11) is 1.69. The standard InChI is InChI=1S/C13H14ClN5O2/c1-7-5-11(19(2)17-7)13(20)16-10-4-3-8(6-9(10)14)12(15)18-21/h3-6,21H,1-2H3,(H2,15,18)(H,16,20). The second kappa shape index (κ2) is 5.84. The molecule has 0 fully saturated rings. The van der Waals surface area contributed by atoms with Crippen LogP contribution in [0.3, 0.4) is 0 Å². The molecule has 0 saturated heterocycles. The van der Waals surface area contributed by atoms with E-state index >= 15 is 0 Å². The third kappa shape index (κ3) is 3.14. The van der Waals surface area contributed by atoms with E-state index in [0.29, 0.717) is 16.9 Å². The molecule has 0 aliphatic heterocycles. The number of aromatic nitrogens is 2. The number of nitrogens with zero attached hydrogens (tertiary/aromatic N) is 3. The molecule has 0 radical (unpaired) electrons. The van der Waals surface area contributed by atoms with Gasteiger partial charge in [0.25, 0.3) is 5.91 Å². The number of carbonyl (C=O) groups is 1. The monoisotopic (exact) mass is 307 g/mol. The Morgan fingerprint density at radius 2 is 2.19 bits per heavy atom. The maximum Gasteiger partial charge on any atom is 0.273 e. The molecule has 1 aromatic heterocycles. The molecular formula is C13H14ClN5O2. The maximum atomic E-state index is 12.2. The summed E-state index contributed by atoms with van der Waals surface area (Å²) in [6.45, 7) is 1.80. The summed E-state index contributed by atoms with van der Waals surface area (Å²) in [4.78, 5) is 12.2. The van der Waals surface area contributed by atoms with Crippen LogP contribution in [0.1, 0.15) is 21.7 Å². The van der Waals surface area contributed by atoms with Gasteiger partial charge in [0.05, 0.1) is 16.4 Å². The number of anilines is 1. The number of amidine groups is 1. The molecule has 2 rings (SSSR count). The van der Waals surface area contributed by atoms with Crippen molar-refractivity contribution in [2.45, 2.75) is 6.92 Å². The van der Waals surface area contributed by atoms with E-state index in [-0.39, 0.29) is 16.8 Å². The number of nitrogens with two attached hydrogens (primary N) is 1. The van der Waals surface area contributed by atoms with Gasteiger partial charge >= 0.3 is 0 Å². The van der Waals surface area contributed by atoms with Crippen molar-refractivity contribution in [3.8, 4) is 0 Å². The quantitative estimate of drug-likeness (QED) is 0.347. The number of oxime groups is 1. The summed E-state index contributed by atoms with van der Waals surface area (Å²) in [6.07, 6.45) is 0. The fourth-order valence-electron chi connectivity index (χ4n) is 1.84. The summed E-state index contributed by atoms with van der Waals surface area (Å²) >= 11 is 6.08. The van der Waals surface area contributed by atoms with Gasteiger partial charge in [0.2, 0.25) is 0 Å². The number of rotatable bonds is 3. The van der Waals surface area contributed by atoms with Gasteiger partial charge in [0, 0.05) is 12.6 Å². The molecule has 0 unspecified atom stereocenters. The third-order valence-corrected chi connectivity index (χ3v) is 3.17. The van der Waals surface area contributed by atoms with E-state index in [4.69, 9.17) is 22.5 Å². The van der Waals surface area contributed by atoms with Crippen molar-refractivity contribution in [2.24, 2.45) is 17.9 Å². The Kier molecular flexibility index (Phi) is 4.13. The molecular weight excluding hydrogens is 294 g/mol. The van der Waals surface area contributed by atoms with Crippen molar-refractivity contribution in [1.29, 1.82) is 0 Å². The third-order valence-electron chi connectivity index (χ3n) is 2.86.